The number of thioether (sulfide) groups is 1. The zero-order chi connectivity index (χ0) is 13.9. The Morgan fingerprint density at radius 1 is 1.26 bits per heavy atom. The third-order valence-electron chi connectivity index (χ3n) is 4.39. The maximum atomic E-state index is 3.74. The van der Waals surface area contributed by atoms with E-state index in [1.54, 1.807) is 0 Å². The van der Waals surface area contributed by atoms with Crippen LogP contribution in [0.5, 0.6) is 0 Å². The molecule has 1 nitrogen and oxygen atoms in total. The summed E-state index contributed by atoms with van der Waals surface area (Å²) in [6.45, 7) is 8.19. The SMILES string of the molecule is CSC1(CNC(C)CC(C)(C)c2ccccc2)CC1. The van der Waals surface area contributed by atoms with Crippen molar-refractivity contribution >= 4 is 11.8 Å². The van der Waals surface area contributed by atoms with Gasteiger partial charge in [-0.2, -0.15) is 11.8 Å². The molecule has 1 aromatic carbocycles. The molecule has 1 N–H and O–H groups in total. The molecule has 1 aliphatic carbocycles. The van der Waals surface area contributed by atoms with Crippen molar-refractivity contribution in [3.05, 3.63) is 35.9 Å². The van der Waals surface area contributed by atoms with E-state index < -0.39 is 0 Å². The average molecular weight is 277 g/mol. The van der Waals surface area contributed by atoms with E-state index in [-0.39, 0.29) is 5.41 Å². The van der Waals surface area contributed by atoms with Crippen molar-refractivity contribution in [1.82, 2.24) is 5.32 Å². The Hall–Kier alpha value is -0.470. The van der Waals surface area contributed by atoms with Gasteiger partial charge in [0.05, 0.1) is 0 Å². The number of benzene rings is 1. The van der Waals surface area contributed by atoms with Crippen LogP contribution in [0.3, 0.4) is 0 Å². The summed E-state index contributed by atoms with van der Waals surface area (Å²) in [6, 6.07) is 11.4. The first-order valence-corrected chi connectivity index (χ1v) is 8.54. The van der Waals surface area contributed by atoms with Gasteiger partial charge in [0.2, 0.25) is 0 Å². The summed E-state index contributed by atoms with van der Waals surface area (Å²) in [4.78, 5) is 0. The predicted octanol–water partition coefficient (Wildman–Crippen LogP) is 4.23. The summed E-state index contributed by atoms with van der Waals surface area (Å²) in [6.07, 6.45) is 6.20. The van der Waals surface area contributed by atoms with E-state index >= 15 is 0 Å². The predicted molar refractivity (Wildman–Crippen MR) is 87.0 cm³/mol. The quantitative estimate of drug-likeness (QED) is 0.800. The topological polar surface area (TPSA) is 12.0 Å². The molecule has 1 atom stereocenters. The highest BCUT2D eigenvalue weighted by atomic mass is 32.2. The summed E-state index contributed by atoms with van der Waals surface area (Å²) in [5, 5.41) is 3.74. The number of nitrogens with one attached hydrogen (secondary N) is 1. The highest BCUT2D eigenvalue weighted by Crippen LogP contribution is 2.46. The van der Waals surface area contributed by atoms with Crippen molar-refractivity contribution in [2.45, 2.75) is 56.2 Å². The molecule has 0 spiro atoms. The molecule has 2 heteroatoms. The summed E-state index contributed by atoms with van der Waals surface area (Å²) >= 11 is 2.03. The molecule has 1 aromatic rings. The molecule has 2 rings (SSSR count). The molecular weight excluding hydrogens is 250 g/mol. The first kappa shape index (κ1) is 14.9. The van der Waals surface area contributed by atoms with Gasteiger partial charge in [0.15, 0.2) is 0 Å². The van der Waals surface area contributed by atoms with Crippen LogP contribution in [0.1, 0.15) is 45.6 Å². The lowest BCUT2D eigenvalue weighted by molar-refractivity contribution is 0.388. The Kier molecular flexibility index (Phi) is 4.62. The smallest absolute Gasteiger partial charge is 0.0282 e. The molecule has 106 valence electrons. The van der Waals surface area contributed by atoms with Gasteiger partial charge in [-0.25, -0.2) is 0 Å². The van der Waals surface area contributed by atoms with Gasteiger partial charge in [-0.15, -0.1) is 0 Å². The van der Waals surface area contributed by atoms with Gasteiger partial charge in [0, 0.05) is 17.3 Å². The molecule has 1 saturated carbocycles. The second kappa shape index (κ2) is 5.88. The Bertz CT molecular complexity index is 395. The lowest BCUT2D eigenvalue weighted by Gasteiger charge is -2.30. The van der Waals surface area contributed by atoms with E-state index in [4.69, 9.17) is 0 Å². The van der Waals surface area contributed by atoms with Crippen LogP contribution in [0.2, 0.25) is 0 Å². The van der Waals surface area contributed by atoms with Gasteiger partial charge in [-0.3, -0.25) is 0 Å². The second-order valence-corrected chi connectivity index (χ2v) is 7.90. The maximum Gasteiger partial charge on any atom is 0.0282 e. The first-order valence-electron chi connectivity index (χ1n) is 7.32. The summed E-state index contributed by atoms with van der Waals surface area (Å²) in [5.41, 5.74) is 1.68. The van der Waals surface area contributed by atoms with Gasteiger partial charge in [0.1, 0.15) is 0 Å². The van der Waals surface area contributed by atoms with E-state index in [2.05, 4.69) is 62.7 Å². The Labute approximate surface area is 122 Å². The van der Waals surface area contributed by atoms with Gasteiger partial charge in [0.25, 0.3) is 0 Å². The zero-order valence-electron chi connectivity index (χ0n) is 12.7. The van der Waals surface area contributed by atoms with Crippen LogP contribution in [0.4, 0.5) is 0 Å². The van der Waals surface area contributed by atoms with Crippen LogP contribution in [-0.4, -0.2) is 23.6 Å². The zero-order valence-corrected chi connectivity index (χ0v) is 13.5. The molecule has 19 heavy (non-hydrogen) atoms. The van der Waals surface area contributed by atoms with Crippen LogP contribution in [0.15, 0.2) is 30.3 Å². The normalized spacial score (nSPS) is 19.2. The largest absolute Gasteiger partial charge is 0.313 e. The molecule has 0 aromatic heterocycles. The van der Waals surface area contributed by atoms with Crippen molar-refractivity contribution in [1.29, 1.82) is 0 Å². The van der Waals surface area contributed by atoms with Crippen molar-refractivity contribution in [2.24, 2.45) is 0 Å². The Balaban J connectivity index is 1.85. The molecular formula is C17H27NS. The fraction of sp³-hybridized carbons (Fsp3) is 0.647. The minimum absolute atomic E-state index is 0.240. The number of hydrogen-bond donors (Lipinski definition) is 1. The van der Waals surface area contributed by atoms with Crippen molar-refractivity contribution in [2.75, 3.05) is 12.8 Å². The second-order valence-electron chi connectivity index (χ2n) is 6.62. The van der Waals surface area contributed by atoms with Gasteiger partial charge in [-0.1, -0.05) is 44.2 Å². The van der Waals surface area contributed by atoms with Gasteiger partial charge < -0.3 is 5.32 Å². The van der Waals surface area contributed by atoms with Crippen LogP contribution >= 0.6 is 11.8 Å². The van der Waals surface area contributed by atoms with E-state index in [1.165, 1.54) is 31.4 Å². The van der Waals surface area contributed by atoms with E-state index in [1.807, 2.05) is 11.8 Å². The molecule has 0 radical (unpaired) electrons. The minimum atomic E-state index is 0.240. The van der Waals surface area contributed by atoms with Crippen molar-refractivity contribution in [3.8, 4) is 0 Å². The Morgan fingerprint density at radius 2 is 1.89 bits per heavy atom. The highest BCUT2D eigenvalue weighted by molar-refractivity contribution is 8.00. The molecule has 0 heterocycles. The lowest BCUT2D eigenvalue weighted by atomic mass is 9.79. The third-order valence-corrected chi connectivity index (χ3v) is 5.80. The van der Waals surface area contributed by atoms with Crippen LogP contribution in [0.25, 0.3) is 0 Å². The summed E-state index contributed by atoms with van der Waals surface area (Å²) < 4.78 is 0.561. The molecule has 1 aliphatic rings. The molecule has 1 unspecified atom stereocenters. The van der Waals surface area contributed by atoms with Crippen LogP contribution < -0.4 is 5.32 Å². The standard InChI is InChI=1S/C17H27NS/c1-14(18-13-17(19-4)10-11-17)12-16(2,3)15-8-6-5-7-9-15/h5-9,14,18H,10-13H2,1-4H3. The van der Waals surface area contributed by atoms with Gasteiger partial charge in [-0.05, 0) is 43.4 Å². The van der Waals surface area contributed by atoms with Crippen molar-refractivity contribution in [3.63, 3.8) is 0 Å². The average Bonchev–Trinajstić information content (AvgIpc) is 3.18. The fourth-order valence-electron chi connectivity index (χ4n) is 2.80. The summed E-state index contributed by atoms with van der Waals surface area (Å²) in [5.74, 6) is 0. The van der Waals surface area contributed by atoms with Crippen LogP contribution in [-0.2, 0) is 5.41 Å². The van der Waals surface area contributed by atoms with E-state index in [9.17, 15) is 0 Å². The fourth-order valence-corrected chi connectivity index (χ4v) is 3.54. The minimum Gasteiger partial charge on any atom is -0.313 e. The van der Waals surface area contributed by atoms with Crippen LogP contribution in [0, 0.1) is 0 Å². The lowest BCUT2D eigenvalue weighted by Crippen LogP contribution is -2.37. The molecule has 0 aliphatic heterocycles. The molecule has 0 bridgehead atoms. The molecule has 1 fully saturated rings. The highest BCUT2D eigenvalue weighted by Gasteiger charge is 2.41. The van der Waals surface area contributed by atoms with E-state index in [0.717, 1.165) is 0 Å². The van der Waals surface area contributed by atoms with Gasteiger partial charge >= 0.3 is 0 Å². The third kappa shape index (κ3) is 4.00. The molecule has 0 saturated heterocycles. The first-order chi connectivity index (χ1) is 8.97. The monoisotopic (exact) mass is 277 g/mol. The summed E-state index contributed by atoms with van der Waals surface area (Å²) in [7, 11) is 0. The Morgan fingerprint density at radius 3 is 2.42 bits per heavy atom. The maximum absolute atomic E-state index is 3.74. The van der Waals surface area contributed by atoms with Crippen molar-refractivity contribution < 1.29 is 0 Å². The van der Waals surface area contributed by atoms with E-state index in [0.29, 0.717) is 10.8 Å². The number of rotatable bonds is 7. The molecule has 0 amide bonds. The number of hydrogen-bond acceptors (Lipinski definition) is 2.